The third-order valence-corrected chi connectivity index (χ3v) is 4.64. The summed E-state index contributed by atoms with van der Waals surface area (Å²) in [6, 6.07) is 10.6. The Bertz CT molecular complexity index is 920. The minimum Gasteiger partial charge on any atom is -0.482 e. The summed E-state index contributed by atoms with van der Waals surface area (Å²) in [6.07, 6.45) is 0.362. The lowest BCUT2D eigenvalue weighted by Crippen LogP contribution is -2.43. The van der Waals surface area contributed by atoms with Crippen LogP contribution in [0.5, 0.6) is 5.75 Å². The van der Waals surface area contributed by atoms with Gasteiger partial charge in [0.15, 0.2) is 12.4 Å². The number of amides is 2. The van der Waals surface area contributed by atoms with Crippen LogP contribution in [0, 0.1) is 13.8 Å². The van der Waals surface area contributed by atoms with Crippen LogP contribution in [-0.2, 0) is 9.59 Å². The first-order chi connectivity index (χ1) is 12.9. The third-order valence-electron chi connectivity index (χ3n) is 4.64. The molecular formula is C21H22N2O4. The molecule has 0 saturated carbocycles. The number of hydrogen-bond acceptors (Lipinski definition) is 4. The first kappa shape index (κ1) is 18.6. The van der Waals surface area contributed by atoms with E-state index in [0.29, 0.717) is 29.1 Å². The van der Waals surface area contributed by atoms with Gasteiger partial charge in [0.1, 0.15) is 12.3 Å². The van der Waals surface area contributed by atoms with Crippen LogP contribution in [-0.4, -0.2) is 30.7 Å². The summed E-state index contributed by atoms with van der Waals surface area (Å²) in [5.41, 5.74) is 3.83. The molecule has 140 valence electrons. The molecule has 2 aromatic rings. The molecule has 1 heterocycles. The van der Waals surface area contributed by atoms with Crippen molar-refractivity contribution in [1.29, 1.82) is 0 Å². The number of nitrogens with one attached hydrogen (secondary N) is 1. The molecule has 0 saturated heterocycles. The van der Waals surface area contributed by atoms with Crippen LogP contribution in [0.25, 0.3) is 0 Å². The molecule has 6 heteroatoms. The molecule has 0 fully saturated rings. The number of benzene rings is 2. The number of carbonyl (C=O) groups is 3. The number of hydrogen-bond donors (Lipinski definition) is 1. The fraction of sp³-hybridized carbons (Fsp3) is 0.286. The summed E-state index contributed by atoms with van der Waals surface area (Å²) >= 11 is 0. The van der Waals surface area contributed by atoms with E-state index in [0.717, 1.165) is 11.1 Å². The molecule has 0 atom stereocenters. The lowest BCUT2D eigenvalue weighted by molar-refractivity contribution is -0.123. The summed E-state index contributed by atoms with van der Waals surface area (Å²) in [4.78, 5) is 38.2. The van der Waals surface area contributed by atoms with Crippen LogP contribution in [0.3, 0.4) is 0 Å². The maximum atomic E-state index is 12.5. The van der Waals surface area contributed by atoms with Gasteiger partial charge in [0.25, 0.3) is 5.91 Å². The van der Waals surface area contributed by atoms with Crippen LogP contribution in [0.2, 0.25) is 0 Å². The Balaban J connectivity index is 1.81. The Morgan fingerprint density at radius 3 is 2.59 bits per heavy atom. The molecule has 1 aliphatic rings. The van der Waals surface area contributed by atoms with Crippen LogP contribution in [0.1, 0.15) is 34.8 Å². The molecule has 0 aromatic heterocycles. The molecule has 2 aromatic carbocycles. The molecule has 6 nitrogen and oxygen atoms in total. The topological polar surface area (TPSA) is 75.7 Å². The van der Waals surface area contributed by atoms with Crippen LogP contribution < -0.4 is 15.0 Å². The Hall–Kier alpha value is -3.15. The summed E-state index contributed by atoms with van der Waals surface area (Å²) < 4.78 is 5.43. The highest BCUT2D eigenvalue weighted by Crippen LogP contribution is 2.33. The van der Waals surface area contributed by atoms with Gasteiger partial charge in [0.05, 0.1) is 5.69 Å². The average molecular weight is 366 g/mol. The minimum atomic E-state index is -0.321. The Morgan fingerprint density at radius 1 is 1.11 bits per heavy atom. The third kappa shape index (κ3) is 4.00. The van der Waals surface area contributed by atoms with Gasteiger partial charge in [-0.1, -0.05) is 13.0 Å². The van der Waals surface area contributed by atoms with Gasteiger partial charge in [-0.15, -0.1) is 0 Å². The molecule has 0 radical (unpaired) electrons. The monoisotopic (exact) mass is 366 g/mol. The summed E-state index contributed by atoms with van der Waals surface area (Å²) in [5.74, 6) is -0.179. The fourth-order valence-corrected chi connectivity index (χ4v) is 2.92. The molecule has 0 bridgehead atoms. The molecule has 1 N–H and O–H groups in total. The number of rotatable bonds is 5. The van der Waals surface area contributed by atoms with Gasteiger partial charge in [-0.2, -0.15) is 0 Å². The number of aryl methyl sites for hydroxylation is 2. The second-order valence-corrected chi connectivity index (χ2v) is 6.58. The Kier molecular flexibility index (Phi) is 5.26. The van der Waals surface area contributed by atoms with Crippen molar-refractivity contribution < 1.29 is 19.1 Å². The van der Waals surface area contributed by atoms with Crippen molar-refractivity contribution in [3.8, 4) is 5.75 Å². The maximum Gasteiger partial charge on any atom is 0.265 e. The standard InChI is InChI=1S/C21H22N2O4/c1-4-18(24)15-6-8-19-17(10-15)23(21(26)12-27-19)11-20(25)22-16-7-5-13(2)14(3)9-16/h5-10H,4,11-12H2,1-3H3,(H,22,25). The molecule has 0 spiro atoms. The number of carbonyl (C=O) groups excluding carboxylic acids is 3. The molecule has 27 heavy (non-hydrogen) atoms. The first-order valence-electron chi connectivity index (χ1n) is 8.86. The number of nitrogens with zero attached hydrogens (tertiary/aromatic N) is 1. The van der Waals surface area contributed by atoms with Gasteiger partial charge in [-0.05, 0) is 55.3 Å². The van der Waals surface area contributed by atoms with E-state index in [2.05, 4.69) is 5.32 Å². The van der Waals surface area contributed by atoms with Crippen molar-refractivity contribution in [2.45, 2.75) is 27.2 Å². The quantitative estimate of drug-likeness (QED) is 0.824. The zero-order valence-electron chi connectivity index (χ0n) is 15.7. The minimum absolute atomic E-state index is 0.0321. The van der Waals surface area contributed by atoms with Crippen molar-refractivity contribution in [3.05, 3.63) is 53.1 Å². The zero-order chi connectivity index (χ0) is 19.6. The SMILES string of the molecule is CCC(=O)c1ccc2c(c1)N(CC(=O)Nc1ccc(C)c(C)c1)C(=O)CO2. The van der Waals surface area contributed by atoms with E-state index >= 15 is 0 Å². The molecule has 0 unspecified atom stereocenters. The van der Waals surface area contributed by atoms with E-state index in [1.54, 1.807) is 25.1 Å². The molecule has 3 rings (SSSR count). The average Bonchev–Trinajstić information content (AvgIpc) is 2.66. The van der Waals surface area contributed by atoms with E-state index < -0.39 is 0 Å². The fourth-order valence-electron chi connectivity index (χ4n) is 2.92. The Morgan fingerprint density at radius 2 is 1.89 bits per heavy atom. The van der Waals surface area contributed by atoms with Gasteiger partial charge >= 0.3 is 0 Å². The van der Waals surface area contributed by atoms with E-state index in [4.69, 9.17) is 4.74 Å². The number of fused-ring (bicyclic) bond motifs is 1. The molecule has 2 amide bonds. The second-order valence-electron chi connectivity index (χ2n) is 6.58. The smallest absolute Gasteiger partial charge is 0.265 e. The first-order valence-corrected chi connectivity index (χ1v) is 8.86. The van der Waals surface area contributed by atoms with Gasteiger partial charge < -0.3 is 10.1 Å². The van der Waals surface area contributed by atoms with E-state index in [1.807, 2.05) is 32.0 Å². The van der Waals surface area contributed by atoms with Gasteiger partial charge in [0, 0.05) is 17.7 Å². The highest BCUT2D eigenvalue weighted by molar-refractivity contribution is 6.06. The van der Waals surface area contributed by atoms with Crippen molar-refractivity contribution >= 4 is 29.0 Å². The van der Waals surface area contributed by atoms with Crippen LogP contribution in [0.15, 0.2) is 36.4 Å². The van der Waals surface area contributed by atoms with E-state index in [9.17, 15) is 14.4 Å². The molecule has 0 aliphatic carbocycles. The molecule has 1 aliphatic heterocycles. The van der Waals surface area contributed by atoms with Crippen molar-refractivity contribution in [2.24, 2.45) is 0 Å². The van der Waals surface area contributed by atoms with Gasteiger partial charge in [-0.25, -0.2) is 0 Å². The van der Waals surface area contributed by atoms with Crippen LogP contribution >= 0.6 is 0 Å². The molecular weight excluding hydrogens is 344 g/mol. The van der Waals surface area contributed by atoms with E-state index in [1.165, 1.54) is 4.90 Å². The van der Waals surface area contributed by atoms with Gasteiger partial charge in [0.2, 0.25) is 5.91 Å². The second kappa shape index (κ2) is 7.61. The number of Topliss-reactive ketones (excluding diaryl/α,β-unsaturated/α-hetero) is 1. The summed E-state index contributed by atoms with van der Waals surface area (Å²) in [7, 11) is 0. The predicted octanol–water partition coefficient (Wildman–Crippen LogP) is 3.26. The number of anilines is 2. The largest absolute Gasteiger partial charge is 0.482 e. The van der Waals surface area contributed by atoms with Crippen molar-refractivity contribution in [2.75, 3.05) is 23.4 Å². The number of ketones is 1. The highest BCUT2D eigenvalue weighted by Gasteiger charge is 2.28. The number of ether oxygens (including phenoxy) is 1. The summed E-state index contributed by atoms with van der Waals surface area (Å²) in [6.45, 7) is 5.47. The normalized spacial score (nSPS) is 13.0. The van der Waals surface area contributed by atoms with Gasteiger partial charge in [-0.3, -0.25) is 19.3 Å². The zero-order valence-corrected chi connectivity index (χ0v) is 15.7. The van der Waals surface area contributed by atoms with E-state index in [-0.39, 0.29) is 30.7 Å². The maximum absolute atomic E-state index is 12.5. The van der Waals surface area contributed by atoms with Crippen molar-refractivity contribution in [1.82, 2.24) is 0 Å². The summed E-state index contributed by atoms with van der Waals surface area (Å²) in [5, 5.41) is 2.82. The lowest BCUT2D eigenvalue weighted by atomic mass is 10.1. The lowest BCUT2D eigenvalue weighted by Gasteiger charge is -2.29. The highest BCUT2D eigenvalue weighted by atomic mass is 16.5. The Labute approximate surface area is 158 Å². The van der Waals surface area contributed by atoms with Crippen molar-refractivity contribution in [3.63, 3.8) is 0 Å². The predicted molar refractivity (Wildman–Crippen MR) is 103 cm³/mol. The van der Waals surface area contributed by atoms with Crippen LogP contribution in [0.4, 0.5) is 11.4 Å².